The maximum Gasteiger partial charge on any atom is 0.148 e. The molecule has 4 heteroatoms. The van der Waals surface area contributed by atoms with Crippen molar-refractivity contribution in [3.05, 3.63) is 29.7 Å². The Morgan fingerprint density at radius 3 is 3.06 bits per heavy atom. The molecule has 0 amide bonds. The molecule has 1 aliphatic carbocycles. The Bertz CT molecular complexity index is 516. The van der Waals surface area contributed by atoms with Gasteiger partial charge in [-0.25, -0.2) is 4.39 Å². The van der Waals surface area contributed by atoms with Crippen LogP contribution in [0.25, 0.3) is 10.9 Å². The summed E-state index contributed by atoms with van der Waals surface area (Å²) < 4.78 is 13.4. The molecule has 2 aromatic rings. The van der Waals surface area contributed by atoms with Gasteiger partial charge < -0.3 is 5.32 Å². The first kappa shape index (κ1) is 10.7. The van der Waals surface area contributed by atoms with Crippen LogP contribution >= 0.6 is 0 Å². The summed E-state index contributed by atoms with van der Waals surface area (Å²) in [6.07, 6.45) is 6.57. The summed E-state index contributed by atoms with van der Waals surface area (Å²) in [4.78, 5) is 0. The largest absolute Gasteiger partial charge is 0.314 e. The minimum Gasteiger partial charge on any atom is -0.314 e. The van der Waals surface area contributed by atoms with Gasteiger partial charge >= 0.3 is 0 Å². The summed E-state index contributed by atoms with van der Waals surface area (Å²) >= 11 is 0. The van der Waals surface area contributed by atoms with Crippen LogP contribution < -0.4 is 5.32 Å². The van der Waals surface area contributed by atoms with Crippen molar-refractivity contribution in [1.29, 1.82) is 0 Å². The number of nitrogens with zero attached hydrogens (tertiary/aromatic N) is 1. The minimum atomic E-state index is -0.229. The van der Waals surface area contributed by atoms with Crippen LogP contribution in [0.15, 0.2) is 18.3 Å². The monoisotopic (exact) mass is 233 g/mol. The van der Waals surface area contributed by atoms with Gasteiger partial charge in [0, 0.05) is 11.4 Å². The van der Waals surface area contributed by atoms with Crippen LogP contribution in [0, 0.1) is 5.82 Å². The van der Waals surface area contributed by atoms with Crippen LogP contribution in [0.3, 0.4) is 0 Å². The van der Waals surface area contributed by atoms with E-state index < -0.39 is 0 Å². The Balaban J connectivity index is 1.71. The van der Waals surface area contributed by atoms with Crippen molar-refractivity contribution in [3.8, 4) is 0 Å². The predicted octanol–water partition coefficient (Wildman–Crippen LogP) is 2.39. The molecule has 0 spiro atoms. The molecule has 0 unspecified atom stereocenters. The molecular formula is C13H16FN3. The number of benzene rings is 1. The molecule has 1 fully saturated rings. The lowest BCUT2D eigenvalue weighted by Gasteiger charge is -2.26. The van der Waals surface area contributed by atoms with E-state index in [0.717, 1.165) is 23.9 Å². The van der Waals surface area contributed by atoms with Crippen LogP contribution in [-0.2, 0) is 6.42 Å². The molecule has 0 radical (unpaired) electrons. The minimum absolute atomic E-state index is 0.229. The highest BCUT2D eigenvalue weighted by atomic mass is 19.1. The number of aromatic amines is 1. The number of fused-ring (bicyclic) bond motifs is 1. The fourth-order valence-corrected chi connectivity index (χ4v) is 2.30. The van der Waals surface area contributed by atoms with Gasteiger partial charge in [0.25, 0.3) is 0 Å². The Kier molecular flexibility index (Phi) is 2.81. The molecule has 90 valence electrons. The lowest BCUT2D eigenvalue weighted by Crippen LogP contribution is -2.36. The third-order valence-electron chi connectivity index (χ3n) is 3.59. The molecule has 1 aromatic carbocycles. The fraction of sp³-hybridized carbons (Fsp3) is 0.462. The Morgan fingerprint density at radius 1 is 1.41 bits per heavy atom. The molecule has 1 aliphatic rings. The number of rotatable bonds is 4. The normalized spacial score (nSPS) is 16.3. The highest BCUT2D eigenvalue weighted by Gasteiger charge is 2.16. The molecule has 0 atom stereocenters. The maximum absolute atomic E-state index is 13.4. The Morgan fingerprint density at radius 2 is 2.29 bits per heavy atom. The van der Waals surface area contributed by atoms with Gasteiger partial charge in [-0.2, -0.15) is 5.10 Å². The average molecular weight is 233 g/mol. The van der Waals surface area contributed by atoms with Crippen LogP contribution in [-0.4, -0.2) is 22.8 Å². The van der Waals surface area contributed by atoms with E-state index in [4.69, 9.17) is 0 Å². The number of nitrogens with one attached hydrogen (secondary N) is 2. The molecule has 0 bridgehead atoms. The summed E-state index contributed by atoms with van der Waals surface area (Å²) in [6, 6.07) is 4.07. The van der Waals surface area contributed by atoms with Gasteiger partial charge in [-0.3, -0.25) is 5.10 Å². The van der Waals surface area contributed by atoms with Crippen molar-refractivity contribution >= 4 is 10.9 Å². The third-order valence-corrected chi connectivity index (χ3v) is 3.59. The van der Waals surface area contributed by atoms with E-state index in [2.05, 4.69) is 15.5 Å². The van der Waals surface area contributed by atoms with Gasteiger partial charge in [0.05, 0.1) is 6.20 Å². The zero-order chi connectivity index (χ0) is 11.7. The van der Waals surface area contributed by atoms with Gasteiger partial charge in [-0.05, 0) is 37.4 Å². The highest BCUT2D eigenvalue weighted by molar-refractivity contribution is 5.82. The quantitative estimate of drug-likeness (QED) is 0.851. The van der Waals surface area contributed by atoms with Crippen LogP contribution in [0.2, 0.25) is 0 Å². The van der Waals surface area contributed by atoms with E-state index >= 15 is 0 Å². The first-order valence-corrected chi connectivity index (χ1v) is 6.18. The van der Waals surface area contributed by atoms with Gasteiger partial charge in [0.2, 0.25) is 0 Å². The molecule has 2 N–H and O–H groups in total. The van der Waals surface area contributed by atoms with E-state index in [1.165, 1.54) is 25.3 Å². The topological polar surface area (TPSA) is 40.7 Å². The zero-order valence-electron chi connectivity index (χ0n) is 9.67. The second-order valence-corrected chi connectivity index (χ2v) is 4.70. The Labute approximate surface area is 99.4 Å². The average Bonchev–Trinajstić information content (AvgIpc) is 2.74. The maximum atomic E-state index is 13.4. The first-order valence-electron chi connectivity index (χ1n) is 6.18. The van der Waals surface area contributed by atoms with E-state index in [1.807, 2.05) is 6.07 Å². The van der Waals surface area contributed by atoms with Crippen molar-refractivity contribution in [2.75, 3.05) is 6.54 Å². The predicted molar refractivity (Wildman–Crippen MR) is 65.4 cm³/mol. The second kappa shape index (κ2) is 4.45. The van der Waals surface area contributed by atoms with Crippen molar-refractivity contribution in [1.82, 2.24) is 15.5 Å². The molecule has 3 rings (SSSR count). The van der Waals surface area contributed by atoms with E-state index in [-0.39, 0.29) is 5.82 Å². The summed E-state index contributed by atoms with van der Waals surface area (Å²) in [5.74, 6) is -0.229. The van der Waals surface area contributed by atoms with Gasteiger partial charge in [0.15, 0.2) is 0 Å². The second-order valence-electron chi connectivity index (χ2n) is 4.70. The third kappa shape index (κ3) is 2.05. The van der Waals surface area contributed by atoms with Gasteiger partial charge in [-0.15, -0.1) is 0 Å². The molecule has 1 heterocycles. The standard InChI is InChI=1S/C13H16FN3/c14-12-5-4-9(11-8-16-17-13(11)12)6-7-15-10-2-1-3-10/h4-5,8,10,15H,1-3,6-7H2,(H,16,17). The number of hydrogen-bond acceptors (Lipinski definition) is 2. The van der Waals surface area contributed by atoms with Gasteiger partial charge in [-0.1, -0.05) is 12.5 Å². The van der Waals surface area contributed by atoms with Crippen molar-refractivity contribution in [2.45, 2.75) is 31.7 Å². The van der Waals surface area contributed by atoms with E-state index in [0.29, 0.717) is 11.6 Å². The molecule has 0 aliphatic heterocycles. The van der Waals surface area contributed by atoms with E-state index in [1.54, 1.807) is 6.20 Å². The zero-order valence-corrected chi connectivity index (χ0v) is 9.67. The van der Waals surface area contributed by atoms with Gasteiger partial charge in [0.1, 0.15) is 11.3 Å². The van der Waals surface area contributed by atoms with Crippen LogP contribution in [0.1, 0.15) is 24.8 Å². The van der Waals surface area contributed by atoms with Crippen LogP contribution in [0.5, 0.6) is 0 Å². The summed E-state index contributed by atoms with van der Waals surface area (Å²) in [5.41, 5.74) is 1.67. The lowest BCUT2D eigenvalue weighted by atomic mass is 9.93. The molecular weight excluding hydrogens is 217 g/mol. The summed E-state index contributed by atoms with van der Waals surface area (Å²) in [5, 5.41) is 11.0. The smallest absolute Gasteiger partial charge is 0.148 e. The molecule has 1 saturated carbocycles. The molecule has 3 nitrogen and oxygen atoms in total. The summed E-state index contributed by atoms with van der Waals surface area (Å²) in [7, 11) is 0. The SMILES string of the molecule is Fc1ccc(CCNC2CCC2)c2cn[nH]c12. The lowest BCUT2D eigenvalue weighted by molar-refractivity contribution is 0.342. The van der Waals surface area contributed by atoms with Crippen LogP contribution in [0.4, 0.5) is 4.39 Å². The highest BCUT2D eigenvalue weighted by Crippen LogP contribution is 2.21. The number of H-pyrrole nitrogens is 1. The summed E-state index contributed by atoms with van der Waals surface area (Å²) in [6.45, 7) is 0.955. The molecule has 17 heavy (non-hydrogen) atoms. The van der Waals surface area contributed by atoms with Crippen molar-refractivity contribution in [3.63, 3.8) is 0 Å². The number of halogens is 1. The molecule has 1 aromatic heterocycles. The number of aromatic nitrogens is 2. The van der Waals surface area contributed by atoms with Crippen molar-refractivity contribution in [2.24, 2.45) is 0 Å². The first-order chi connectivity index (χ1) is 8.34. The van der Waals surface area contributed by atoms with Crippen molar-refractivity contribution < 1.29 is 4.39 Å². The fourth-order valence-electron chi connectivity index (χ4n) is 2.30. The Hall–Kier alpha value is -1.42. The van der Waals surface area contributed by atoms with E-state index in [9.17, 15) is 4.39 Å². The molecule has 0 saturated heterocycles. The number of hydrogen-bond donors (Lipinski definition) is 2.